The molecule has 5 heteroatoms. The van der Waals surface area contributed by atoms with E-state index < -0.39 is 5.82 Å². The lowest BCUT2D eigenvalue weighted by atomic mass is 9.95. The quantitative estimate of drug-likeness (QED) is 0.754. The van der Waals surface area contributed by atoms with E-state index in [9.17, 15) is 9.18 Å². The number of amides is 1. The van der Waals surface area contributed by atoms with Crippen LogP contribution < -0.4 is 0 Å². The number of likely N-dealkylation sites (tertiary alicyclic amines) is 1. The van der Waals surface area contributed by atoms with Crippen LogP contribution in [0.3, 0.4) is 0 Å². The second-order valence-corrected chi connectivity index (χ2v) is 6.15. The molecular weight excluding hydrogens is 333 g/mol. The van der Waals surface area contributed by atoms with Gasteiger partial charge in [0, 0.05) is 23.4 Å². The minimum Gasteiger partial charge on any atom is -0.338 e. The van der Waals surface area contributed by atoms with Crippen LogP contribution >= 0.6 is 27.5 Å². The highest BCUT2D eigenvalue weighted by molar-refractivity contribution is 9.10. The smallest absolute Gasteiger partial charge is 0.256 e. The maximum atomic E-state index is 13.8. The summed E-state index contributed by atoms with van der Waals surface area (Å²) < 4.78 is 14.4. The molecule has 1 amide bonds. The van der Waals surface area contributed by atoms with Gasteiger partial charge in [-0.1, -0.05) is 15.9 Å². The molecule has 1 aliphatic heterocycles. The van der Waals surface area contributed by atoms with E-state index in [1.165, 1.54) is 12.1 Å². The summed E-state index contributed by atoms with van der Waals surface area (Å²) in [6.07, 6.45) is 2.97. The van der Waals surface area contributed by atoms with Crippen LogP contribution in [-0.4, -0.2) is 29.8 Å². The molecule has 0 radical (unpaired) electrons. The molecule has 0 saturated carbocycles. The summed E-state index contributed by atoms with van der Waals surface area (Å²) in [6.45, 7) is 1.38. The summed E-state index contributed by atoms with van der Waals surface area (Å²) >= 11 is 8.95. The van der Waals surface area contributed by atoms with E-state index in [0.29, 0.717) is 29.4 Å². The number of nitrogens with zero attached hydrogens (tertiary/aromatic N) is 1. The van der Waals surface area contributed by atoms with E-state index in [1.54, 1.807) is 11.0 Å². The number of benzene rings is 1. The number of rotatable bonds is 3. The predicted molar refractivity (Wildman–Crippen MR) is 78.1 cm³/mol. The summed E-state index contributed by atoms with van der Waals surface area (Å²) in [6, 6.07) is 4.55. The lowest BCUT2D eigenvalue weighted by molar-refractivity contribution is 0.0667. The van der Waals surface area contributed by atoms with E-state index in [-0.39, 0.29) is 11.5 Å². The topological polar surface area (TPSA) is 20.3 Å². The fraction of sp³-hybridized carbons (Fsp3) is 0.500. The van der Waals surface area contributed by atoms with Crippen molar-refractivity contribution in [2.45, 2.75) is 19.3 Å². The Hall–Kier alpha value is -0.610. The normalized spacial score (nSPS) is 19.5. The number of carbonyl (C=O) groups is 1. The molecule has 1 aliphatic rings. The van der Waals surface area contributed by atoms with Crippen molar-refractivity contribution in [1.82, 2.24) is 4.90 Å². The highest BCUT2D eigenvalue weighted by Gasteiger charge is 2.25. The van der Waals surface area contributed by atoms with Crippen molar-refractivity contribution in [3.05, 3.63) is 34.1 Å². The van der Waals surface area contributed by atoms with Crippen molar-refractivity contribution in [2.24, 2.45) is 5.92 Å². The summed E-state index contributed by atoms with van der Waals surface area (Å²) in [5.74, 6) is 0.358. The van der Waals surface area contributed by atoms with E-state index in [4.69, 9.17) is 11.6 Å². The van der Waals surface area contributed by atoms with Gasteiger partial charge in [-0.05, 0) is 43.4 Å². The molecule has 0 aromatic heterocycles. The van der Waals surface area contributed by atoms with Gasteiger partial charge in [0.15, 0.2) is 0 Å². The standard InChI is InChI=1S/C14H16BrClFNO/c15-11-3-4-12(13(17)8-11)14(19)18-7-1-2-10(9-18)5-6-16/h3-4,8,10H,1-2,5-7,9H2. The summed E-state index contributed by atoms with van der Waals surface area (Å²) in [7, 11) is 0. The van der Waals surface area contributed by atoms with Gasteiger partial charge in [-0.2, -0.15) is 0 Å². The van der Waals surface area contributed by atoms with Crippen molar-refractivity contribution in [2.75, 3.05) is 19.0 Å². The Kier molecular flexibility index (Phi) is 5.22. The molecule has 1 aromatic rings. The van der Waals surface area contributed by atoms with Crippen molar-refractivity contribution < 1.29 is 9.18 Å². The average Bonchev–Trinajstić information content (AvgIpc) is 2.39. The molecule has 1 fully saturated rings. The highest BCUT2D eigenvalue weighted by Crippen LogP contribution is 2.23. The van der Waals surface area contributed by atoms with Crippen molar-refractivity contribution in [3.8, 4) is 0 Å². The van der Waals surface area contributed by atoms with Crippen LogP contribution in [0.5, 0.6) is 0 Å². The highest BCUT2D eigenvalue weighted by atomic mass is 79.9. The van der Waals surface area contributed by atoms with Crippen LogP contribution in [0, 0.1) is 11.7 Å². The van der Waals surface area contributed by atoms with E-state index in [2.05, 4.69) is 15.9 Å². The molecular formula is C14H16BrClFNO. The van der Waals surface area contributed by atoms with Crippen LogP contribution in [0.1, 0.15) is 29.6 Å². The molecule has 2 rings (SSSR count). The molecule has 19 heavy (non-hydrogen) atoms. The Labute approximate surface area is 126 Å². The number of carbonyl (C=O) groups excluding carboxylic acids is 1. The molecule has 1 atom stereocenters. The first-order valence-corrected chi connectivity index (χ1v) is 7.75. The Bertz CT molecular complexity index is 467. The predicted octanol–water partition coefficient (Wildman–Crippen LogP) is 4.07. The summed E-state index contributed by atoms with van der Waals surface area (Å²) in [5, 5.41) is 0. The minimum atomic E-state index is -0.473. The average molecular weight is 349 g/mol. The van der Waals surface area contributed by atoms with Crippen molar-refractivity contribution in [1.29, 1.82) is 0 Å². The SMILES string of the molecule is O=C(c1ccc(Br)cc1F)N1CCCC(CCCl)C1. The Balaban J connectivity index is 2.10. The fourth-order valence-electron chi connectivity index (χ4n) is 2.47. The van der Waals surface area contributed by atoms with Gasteiger partial charge in [-0.15, -0.1) is 11.6 Å². The monoisotopic (exact) mass is 347 g/mol. The van der Waals surface area contributed by atoms with Crippen molar-refractivity contribution >= 4 is 33.4 Å². The van der Waals surface area contributed by atoms with Crippen LogP contribution in [0.25, 0.3) is 0 Å². The molecule has 0 N–H and O–H groups in total. The number of piperidine rings is 1. The third kappa shape index (κ3) is 3.69. The van der Waals surface area contributed by atoms with Gasteiger partial charge in [-0.3, -0.25) is 4.79 Å². The van der Waals surface area contributed by atoms with Gasteiger partial charge in [0.25, 0.3) is 5.91 Å². The van der Waals surface area contributed by atoms with Gasteiger partial charge in [0.1, 0.15) is 5.82 Å². The lowest BCUT2D eigenvalue weighted by Crippen LogP contribution is -2.40. The maximum Gasteiger partial charge on any atom is 0.256 e. The number of alkyl halides is 1. The number of hydrogen-bond donors (Lipinski definition) is 0. The Morgan fingerprint density at radius 3 is 3.00 bits per heavy atom. The van der Waals surface area contributed by atoms with Gasteiger partial charge in [-0.25, -0.2) is 4.39 Å². The summed E-state index contributed by atoms with van der Waals surface area (Å²) in [5.41, 5.74) is 0.148. The van der Waals surface area contributed by atoms with E-state index >= 15 is 0 Å². The Morgan fingerprint density at radius 2 is 2.32 bits per heavy atom. The molecule has 0 bridgehead atoms. The van der Waals surface area contributed by atoms with Gasteiger partial charge in [0.05, 0.1) is 5.56 Å². The molecule has 1 saturated heterocycles. The van der Waals surface area contributed by atoms with Gasteiger partial charge in [0.2, 0.25) is 0 Å². The van der Waals surface area contributed by atoms with Gasteiger partial charge >= 0.3 is 0 Å². The molecule has 0 spiro atoms. The molecule has 1 heterocycles. The molecule has 1 unspecified atom stereocenters. The number of hydrogen-bond acceptors (Lipinski definition) is 1. The van der Waals surface area contributed by atoms with Crippen LogP contribution in [-0.2, 0) is 0 Å². The van der Waals surface area contributed by atoms with E-state index in [1.807, 2.05) is 0 Å². The van der Waals surface area contributed by atoms with Crippen LogP contribution in [0.15, 0.2) is 22.7 Å². The van der Waals surface area contributed by atoms with Gasteiger partial charge < -0.3 is 4.90 Å². The minimum absolute atomic E-state index is 0.148. The first-order chi connectivity index (χ1) is 9.11. The molecule has 2 nitrogen and oxygen atoms in total. The fourth-order valence-corrected chi connectivity index (χ4v) is 3.11. The first-order valence-electron chi connectivity index (χ1n) is 6.42. The zero-order valence-electron chi connectivity index (χ0n) is 10.5. The number of halogens is 3. The maximum absolute atomic E-state index is 13.8. The lowest BCUT2D eigenvalue weighted by Gasteiger charge is -2.32. The molecule has 0 aliphatic carbocycles. The molecule has 1 aromatic carbocycles. The van der Waals surface area contributed by atoms with E-state index in [0.717, 1.165) is 19.3 Å². The zero-order chi connectivity index (χ0) is 13.8. The zero-order valence-corrected chi connectivity index (χ0v) is 12.9. The third-order valence-corrected chi connectivity index (χ3v) is 4.20. The second-order valence-electron chi connectivity index (χ2n) is 4.86. The van der Waals surface area contributed by atoms with Crippen molar-refractivity contribution in [3.63, 3.8) is 0 Å². The second kappa shape index (κ2) is 6.71. The Morgan fingerprint density at radius 1 is 1.53 bits per heavy atom. The summed E-state index contributed by atoms with van der Waals surface area (Å²) in [4.78, 5) is 14.1. The van der Waals surface area contributed by atoms with Crippen LogP contribution in [0.4, 0.5) is 4.39 Å². The molecule has 104 valence electrons. The largest absolute Gasteiger partial charge is 0.338 e. The third-order valence-electron chi connectivity index (χ3n) is 3.49. The first kappa shape index (κ1) is 14.8. The van der Waals surface area contributed by atoms with Crippen LogP contribution in [0.2, 0.25) is 0 Å².